The normalized spacial score (nSPS) is 18.6. The molecule has 0 radical (unpaired) electrons. The molecular weight excluding hydrogens is 420 g/mol. The number of aryl methyl sites for hydroxylation is 2. The van der Waals surface area contributed by atoms with Crippen LogP contribution in [0.1, 0.15) is 64.1 Å². The average molecular weight is 445 g/mol. The number of likely N-dealkylation sites (tertiary alicyclic amines) is 1. The van der Waals surface area contributed by atoms with E-state index in [0.717, 1.165) is 54.3 Å². The Kier molecular flexibility index (Phi) is 4.98. The molecule has 1 aromatic carbocycles. The van der Waals surface area contributed by atoms with Crippen molar-refractivity contribution in [2.75, 3.05) is 6.54 Å². The highest BCUT2D eigenvalue weighted by Crippen LogP contribution is 2.36. The molecule has 0 bridgehead atoms. The van der Waals surface area contributed by atoms with Crippen molar-refractivity contribution in [3.8, 4) is 11.6 Å². The van der Waals surface area contributed by atoms with Gasteiger partial charge in [0.05, 0.1) is 4.88 Å². The maximum atomic E-state index is 13.5. The molecule has 4 heterocycles. The van der Waals surface area contributed by atoms with Crippen LogP contribution in [0.25, 0.3) is 22.4 Å². The molecule has 7 heteroatoms. The molecule has 32 heavy (non-hydrogen) atoms. The van der Waals surface area contributed by atoms with Crippen molar-refractivity contribution >= 4 is 28.0 Å². The van der Waals surface area contributed by atoms with Crippen LogP contribution in [-0.4, -0.2) is 32.5 Å². The zero-order valence-corrected chi connectivity index (χ0v) is 18.6. The Hall–Kier alpha value is -3.06. The first-order valence-corrected chi connectivity index (χ1v) is 12.2. The van der Waals surface area contributed by atoms with E-state index in [9.17, 15) is 4.79 Å². The summed E-state index contributed by atoms with van der Waals surface area (Å²) in [5.74, 6) is 1.00. The summed E-state index contributed by atoms with van der Waals surface area (Å²) in [4.78, 5) is 22.2. The van der Waals surface area contributed by atoms with Gasteiger partial charge in [-0.1, -0.05) is 24.3 Å². The van der Waals surface area contributed by atoms with Gasteiger partial charge in [0, 0.05) is 23.0 Å². The molecule has 1 atom stereocenters. The molecule has 4 aromatic rings. The minimum absolute atomic E-state index is 0.0946. The SMILES string of the molecule is O=C(c1cc2c(s1)CCCC2)N1CCCCC1c1nnc(-c2nccc3ccccc23)o1. The number of carbonyl (C=O) groups excluding carboxylic acids is 1. The molecule has 1 unspecified atom stereocenters. The minimum Gasteiger partial charge on any atom is -0.417 e. The third-order valence-corrected chi connectivity index (χ3v) is 7.80. The highest BCUT2D eigenvalue weighted by atomic mass is 32.1. The van der Waals surface area contributed by atoms with Gasteiger partial charge in [-0.2, -0.15) is 0 Å². The van der Waals surface area contributed by atoms with Crippen LogP contribution < -0.4 is 0 Å². The Bertz CT molecular complexity index is 1270. The Morgan fingerprint density at radius 3 is 2.91 bits per heavy atom. The monoisotopic (exact) mass is 444 g/mol. The fourth-order valence-corrected chi connectivity index (χ4v) is 6.13. The lowest BCUT2D eigenvalue weighted by molar-refractivity contribution is 0.0577. The van der Waals surface area contributed by atoms with Crippen LogP contribution in [0.3, 0.4) is 0 Å². The molecular formula is C25H24N4O2S. The molecule has 3 aromatic heterocycles. The number of hydrogen-bond acceptors (Lipinski definition) is 6. The number of fused-ring (bicyclic) bond motifs is 2. The largest absolute Gasteiger partial charge is 0.417 e. The first kappa shape index (κ1) is 19.6. The predicted molar refractivity (Wildman–Crippen MR) is 124 cm³/mol. The van der Waals surface area contributed by atoms with Crippen LogP contribution in [0.5, 0.6) is 0 Å². The second-order valence-electron chi connectivity index (χ2n) is 8.60. The molecule has 1 saturated heterocycles. The van der Waals surface area contributed by atoms with Crippen molar-refractivity contribution in [2.24, 2.45) is 0 Å². The van der Waals surface area contributed by atoms with Gasteiger partial charge in [-0.25, -0.2) is 0 Å². The molecule has 2 aliphatic rings. The Balaban J connectivity index is 1.32. The predicted octanol–water partition coefficient (Wildman–Crippen LogP) is 5.59. The van der Waals surface area contributed by atoms with Gasteiger partial charge in [0.2, 0.25) is 5.89 Å². The second kappa shape index (κ2) is 8.13. The zero-order valence-electron chi connectivity index (χ0n) is 17.8. The molecule has 1 amide bonds. The summed E-state index contributed by atoms with van der Waals surface area (Å²) in [6.07, 6.45) is 9.27. The molecule has 1 fully saturated rings. The van der Waals surface area contributed by atoms with Crippen molar-refractivity contribution in [1.29, 1.82) is 0 Å². The number of benzene rings is 1. The maximum Gasteiger partial charge on any atom is 0.267 e. The summed E-state index contributed by atoms with van der Waals surface area (Å²) < 4.78 is 6.14. The third kappa shape index (κ3) is 3.41. The number of amides is 1. The number of piperidine rings is 1. The van der Waals surface area contributed by atoms with E-state index in [1.165, 1.54) is 23.3 Å². The van der Waals surface area contributed by atoms with E-state index in [4.69, 9.17) is 4.42 Å². The molecule has 0 spiro atoms. The minimum atomic E-state index is -0.188. The molecule has 162 valence electrons. The highest BCUT2D eigenvalue weighted by Gasteiger charge is 2.34. The first-order valence-electron chi connectivity index (χ1n) is 11.4. The first-order chi connectivity index (χ1) is 15.8. The van der Waals surface area contributed by atoms with Gasteiger partial charge in [0.15, 0.2) is 0 Å². The van der Waals surface area contributed by atoms with Gasteiger partial charge in [-0.3, -0.25) is 9.78 Å². The lowest BCUT2D eigenvalue weighted by Gasteiger charge is -2.33. The molecule has 6 nitrogen and oxygen atoms in total. The molecule has 0 N–H and O–H groups in total. The van der Waals surface area contributed by atoms with E-state index >= 15 is 0 Å². The summed E-state index contributed by atoms with van der Waals surface area (Å²) in [7, 11) is 0. The highest BCUT2D eigenvalue weighted by molar-refractivity contribution is 7.14. The summed E-state index contributed by atoms with van der Waals surface area (Å²) in [5.41, 5.74) is 2.04. The van der Waals surface area contributed by atoms with Gasteiger partial charge < -0.3 is 9.32 Å². The second-order valence-corrected chi connectivity index (χ2v) is 9.74. The standard InChI is InChI=1S/C25H24N4O2S/c30-25(21-15-17-8-2-4-11-20(17)32-21)29-14-6-5-10-19(29)23-27-28-24(31-23)22-18-9-3-1-7-16(18)12-13-26-22/h1,3,7,9,12-13,15,19H,2,4-6,8,10-11,14H2. The van der Waals surface area contributed by atoms with E-state index in [2.05, 4.69) is 21.2 Å². The number of aromatic nitrogens is 3. The number of thiophene rings is 1. The van der Waals surface area contributed by atoms with E-state index < -0.39 is 0 Å². The smallest absolute Gasteiger partial charge is 0.267 e. The van der Waals surface area contributed by atoms with Gasteiger partial charge in [-0.05, 0) is 68.0 Å². The Labute approximate surface area is 190 Å². The van der Waals surface area contributed by atoms with E-state index in [0.29, 0.717) is 17.5 Å². The molecule has 6 rings (SSSR count). The van der Waals surface area contributed by atoms with Crippen LogP contribution in [0.2, 0.25) is 0 Å². The van der Waals surface area contributed by atoms with E-state index in [1.54, 1.807) is 17.5 Å². The van der Waals surface area contributed by atoms with Crippen LogP contribution in [-0.2, 0) is 12.8 Å². The number of rotatable bonds is 3. The number of carbonyl (C=O) groups is 1. The van der Waals surface area contributed by atoms with Crippen molar-refractivity contribution in [1.82, 2.24) is 20.1 Å². The van der Waals surface area contributed by atoms with Crippen molar-refractivity contribution in [2.45, 2.75) is 51.0 Å². The van der Waals surface area contributed by atoms with Gasteiger partial charge in [0.1, 0.15) is 11.7 Å². The fraction of sp³-hybridized carbons (Fsp3) is 0.360. The third-order valence-electron chi connectivity index (χ3n) is 6.57. The van der Waals surface area contributed by atoms with E-state index in [-0.39, 0.29) is 11.9 Å². The molecule has 1 aliphatic carbocycles. The van der Waals surface area contributed by atoms with Crippen molar-refractivity contribution in [3.63, 3.8) is 0 Å². The molecule has 0 saturated carbocycles. The topological polar surface area (TPSA) is 72.1 Å². The maximum absolute atomic E-state index is 13.5. The number of pyridine rings is 1. The summed E-state index contributed by atoms with van der Waals surface area (Å²) in [6, 6.07) is 11.9. The lowest BCUT2D eigenvalue weighted by atomic mass is 9.99. The Morgan fingerprint density at radius 2 is 1.97 bits per heavy atom. The summed E-state index contributed by atoms with van der Waals surface area (Å²) in [5, 5.41) is 10.7. The van der Waals surface area contributed by atoms with E-state index in [1.807, 2.05) is 35.2 Å². The van der Waals surface area contributed by atoms with Crippen LogP contribution in [0.15, 0.2) is 47.0 Å². The molecule has 1 aliphatic heterocycles. The number of hydrogen-bond donors (Lipinski definition) is 0. The van der Waals surface area contributed by atoms with Gasteiger partial charge >= 0.3 is 0 Å². The zero-order chi connectivity index (χ0) is 21.5. The fourth-order valence-electron chi connectivity index (χ4n) is 4.92. The van der Waals surface area contributed by atoms with Crippen molar-refractivity contribution < 1.29 is 9.21 Å². The van der Waals surface area contributed by atoms with Crippen molar-refractivity contribution in [3.05, 3.63) is 63.8 Å². The van der Waals surface area contributed by atoms with Gasteiger partial charge in [0.25, 0.3) is 11.8 Å². The Morgan fingerprint density at radius 1 is 1.06 bits per heavy atom. The van der Waals surface area contributed by atoms with Crippen LogP contribution in [0.4, 0.5) is 0 Å². The van der Waals surface area contributed by atoms with Gasteiger partial charge in [-0.15, -0.1) is 21.5 Å². The van der Waals surface area contributed by atoms with Crippen LogP contribution in [0, 0.1) is 0 Å². The summed E-state index contributed by atoms with van der Waals surface area (Å²) >= 11 is 1.67. The number of nitrogens with zero attached hydrogens (tertiary/aromatic N) is 4. The average Bonchev–Trinajstić information content (AvgIpc) is 3.51. The lowest BCUT2D eigenvalue weighted by Crippen LogP contribution is -2.38. The quantitative estimate of drug-likeness (QED) is 0.412. The van der Waals surface area contributed by atoms with Crippen LogP contribution >= 0.6 is 11.3 Å². The summed E-state index contributed by atoms with van der Waals surface area (Å²) in [6.45, 7) is 0.719.